The molecule has 0 spiro atoms. The van der Waals surface area contributed by atoms with Crippen molar-refractivity contribution < 1.29 is 5.11 Å². The summed E-state index contributed by atoms with van der Waals surface area (Å²) in [5, 5.41) is 11.2. The van der Waals surface area contributed by atoms with Gasteiger partial charge in [-0.15, -0.1) is 0 Å². The van der Waals surface area contributed by atoms with Gasteiger partial charge in [-0.1, -0.05) is 57.5 Å². The Labute approximate surface area is 190 Å². The van der Waals surface area contributed by atoms with Crippen molar-refractivity contribution in [2.45, 2.75) is 53.1 Å². The van der Waals surface area contributed by atoms with Crippen molar-refractivity contribution in [3.05, 3.63) is 72.7 Å². The molecule has 0 aliphatic rings. The van der Waals surface area contributed by atoms with E-state index in [0.29, 0.717) is 19.4 Å². The normalized spacial score (nSPS) is 11.8. The second kappa shape index (κ2) is 8.73. The van der Waals surface area contributed by atoms with Crippen LogP contribution in [0, 0.1) is 5.92 Å². The molecule has 0 unspecified atom stereocenters. The molecule has 0 bridgehead atoms. The molecule has 0 saturated carbocycles. The first-order valence-corrected chi connectivity index (χ1v) is 11.3. The molecule has 4 rings (SSSR count). The molecular weight excluding hydrogens is 422 g/mol. The number of fused-ring (bicyclic) bond motifs is 3. The Morgan fingerprint density at radius 3 is 2.36 bits per heavy atom. The topological polar surface area (TPSA) is 104 Å². The van der Waals surface area contributed by atoms with Crippen molar-refractivity contribution in [2.24, 2.45) is 13.0 Å². The van der Waals surface area contributed by atoms with Crippen molar-refractivity contribution in [1.82, 2.24) is 23.1 Å². The SMILES string of the molecule is CCCCc1c(O)n2c3c(=O)n(C)c(=O)n(CC(C)C)c3nc2n(Cc2ccccc2)c1=O. The number of rotatable bonds is 7. The van der Waals surface area contributed by atoms with Crippen LogP contribution in [0.1, 0.15) is 44.7 Å². The number of benzene rings is 1. The van der Waals surface area contributed by atoms with Crippen LogP contribution in [-0.4, -0.2) is 28.2 Å². The molecule has 0 amide bonds. The Morgan fingerprint density at radius 1 is 1.03 bits per heavy atom. The van der Waals surface area contributed by atoms with Gasteiger partial charge in [0, 0.05) is 13.6 Å². The summed E-state index contributed by atoms with van der Waals surface area (Å²) in [5.74, 6) is -0.0349. The molecule has 0 atom stereocenters. The minimum Gasteiger partial charge on any atom is -0.494 e. The molecule has 9 nitrogen and oxygen atoms in total. The van der Waals surface area contributed by atoms with Crippen molar-refractivity contribution in [3.8, 4) is 5.88 Å². The van der Waals surface area contributed by atoms with Crippen LogP contribution in [-0.2, 0) is 26.6 Å². The lowest BCUT2D eigenvalue weighted by Crippen LogP contribution is -2.39. The lowest BCUT2D eigenvalue weighted by molar-refractivity contribution is 0.432. The van der Waals surface area contributed by atoms with Crippen LogP contribution in [0.3, 0.4) is 0 Å². The van der Waals surface area contributed by atoms with E-state index in [2.05, 4.69) is 4.98 Å². The van der Waals surface area contributed by atoms with Gasteiger partial charge in [-0.05, 0) is 24.3 Å². The summed E-state index contributed by atoms with van der Waals surface area (Å²) in [7, 11) is 1.41. The minimum absolute atomic E-state index is 0.0878. The molecule has 33 heavy (non-hydrogen) atoms. The van der Waals surface area contributed by atoms with Crippen LogP contribution in [0.15, 0.2) is 44.7 Å². The lowest BCUT2D eigenvalue weighted by Gasteiger charge is -2.13. The first-order chi connectivity index (χ1) is 15.8. The number of nitrogens with zero attached hydrogens (tertiary/aromatic N) is 5. The fourth-order valence-corrected chi connectivity index (χ4v) is 4.17. The predicted molar refractivity (Wildman–Crippen MR) is 127 cm³/mol. The summed E-state index contributed by atoms with van der Waals surface area (Å²) in [6, 6.07) is 9.46. The molecule has 174 valence electrons. The van der Waals surface area contributed by atoms with E-state index in [-0.39, 0.29) is 46.4 Å². The van der Waals surface area contributed by atoms with Crippen LogP contribution < -0.4 is 16.8 Å². The minimum atomic E-state index is -0.566. The zero-order valence-electron chi connectivity index (χ0n) is 19.4. The molecule has 0 aliphatic carbocycles. The fraction of sp³-hybridized carbons (Fsp3) is 0.417. The van der Waals surface area contributed by atoms with E-state index in [9.17, 15) is 19.5 Å². The highest BCUT2D eigenvalue weighted by atomic mass is 16.3. The summed E-state index contributed by atoms with van der Waals surface area (Å²) >= 11 is 0. The second-order valence-electron chi connectivity index (χ2n) is 8.85. The van der Waals surface area contributed by atoms with E-state index in [1.54, 1.807) is 0 Å². The first kappa shape index (κ1) is 22.6. The number of aromatic nitrogens is 5. The Morgan fingerprint density at radius 2 is 1.73 bits per heavy atom. The molecule has 9 heteroatoms. The second-order valence-corrected chi connectivity index (χ2v) is 8.85. The third-order valence-electron chi connectivity index (χ3n) is 5.86. The molecule has 0 saturated heterocycles. The monoisotopic (exact) mass is 451 g/mol. The summed E-state index contributed by atoms with van der Waals surface area (Å²) in [5.41, 5.74) is -0.0132. The van der Waals surface area contributed by atoms with E-state index in [0.717, 1.165) is 16.6 Å². The standard InChI is InChI=1S/C24H29N5O4/c1-5-6-12-17-20(30)28(14-16-10-8-7-9-11-16)23-25-19-18(29(23)21(17)31)22(32)26(4)24(33)27(19)13-15(2)3/h7-11,15,31H,5-6,12-14H2,1-4H3. The average Bonchev–Trinajstić information content (AvgIpc) is 3.19. The van der Waals surface area contributed by atoms with Gasteiger partial charge < -0.3 is 5.11 Å². The highest BCUT2D eigenvalue weighted by Crippen LogP contribution is 2.23. The maximum absolute atomic E-state index is 13.5. The summed E-state index contributed by atoms with van der Waals surface area (Å²) in [6.45, 7) is 6.50. The zero-order chi connectivity index (χ0) is 23.9. The van der Waals surface area contributed by atoms with E-state index in [4.69, 9.17) is 0 Å². The maximum Gasteiger partial charge on any atom is 0.332 e. The summed E-state index contributed by atoms with van der Waals surface area (Å²) in [4.78, 5) is 44.1. The smallest absolute Gasteiger partial charge is 0.332 e. The Balaban J connectivity index is 2.17. The third-order valence-corrected chi connectivity index (χ3v) is 5.86. The number of hydrogen-bond donors (Lipinski definition) is 1. The highest BCUT2D eigenvalue weighted by Gasteiger charge is 2.25. The lowest BCUT2D eigenvalue weighted by atomic mass is 10.1. The van der Waals surface area contributed by atoms with E-state index < -0.39 is 11.2 Å². The van der Waals surface area contributed by atoms with Crippen molar-refractivity contribution in [2.75, 3.05) is 0 Å². The van der Waals surface area contributed by atoms with Crippen LogP contribution >= 0.6 is 0 Å². The van der Waals surface area contributed by atoms with Gasteiger partial charge in [0.2, 0.25) is 11.7 Å². The fourth-order valence-electron chi connectivity index (χ4n) is 4.17. The molecule has 3 aromatic heterocycles. The van der Waals surface area contributed by atoms with Gasteiger partial charge in [-0.2, -0.15) is 4.98 Å². The zero-order valence-corrected chi connectivity index (χ0v) is 19.4. The van der Waals surface area contributed by atoms with Gasteiger partial charge in [-0.25, -0.2) is 9.20 Å². The highest BCUT2D eigenvalue weighted by molar-refractivity contribution is 5.76. The average molecular weight is 452 g/mol. The van der Waals surface area contributed by atoms with Gasteiger partial charge in [0.05, 0.1) is 12.1 Å². The van der Waals surface area contributed by atoms with Crippen LogP contribution in [0.4, 0.5) is 0 Å². The van der Waals surface area contributed by atoms with Gasteiger partial charge in [0.25, 0.3) is 11.1 Å². The number of hydrogen-bond acceptors (Lipinski definition) is 5. The van der Waals surface area contributed by atoms with Gasteiger partial charge in [0.15, 0.2) is 11.2 Å². The van der Waals surface area contributed by atoms with Crippen LogP contribution in [0.2, 0.25) is 0 Å². The van der Waals surface area contributed by atoms with Crippen molar-refractivity contribution >= 4 is 16.9 Å². The quantitative estimate of drug-likeness (QED) is 0.464. The first-order valence-electron chi connectivity index (χ1n) is 11.3. The molecule has 0 radical (unpaired) electrons. The number of unbranched alkanes of at least 4 members (excludes halogenated alkanes) is 1. The third kappa shape index (κ3) is 3.77. The van der Waals surface area contributed by atoms with Gasteiger partial charge >= 0.3 is 5.69 Å². The Bertz CT molecular complexity index is 1510. The summed E-state index contributed by atoms with van der Waals surface area (Å²) < 4.78 is 5.28. The van der Waals surface area contributed by atoms with E-state index in [1.165, 1.54) is 20.6 Å². The Hall–Kier alpha value is -3.62. The summed E-state index contributed by atoms with van der Waals surface area (Å²) in [6.07, 6.45) is 1.93. The maximum atomic E-state index is 13.5. The molecule has 3 heterocycles. The van der Waals surface area contributed by atoms with Crippen LogP contribution in [0.5, 0.6) is 5.88 Å². The van der Waals surface area contributed by atoms with Crippen molar-refractivity contribution in [3.63, 3.8) is 0 Å². The number of imidazole rings is 1. The van der Waals surface area contributed by atoms with Gasteiger partial charge in [0.1, 0.15) is 0 Å². The van der Waals surface area contributed by atoms with Crippen LogP contribution in [0.25, 0.3) is 16.9 Å². The number of aromatic hydroxyl groups is 1. The van der Waals surface area contributed by atoms with E-state index >= 15 is 0 Å². The van der Waals surface area contributed by atoms with Crippen molar-refractivity contribution in [1.29, 1.82) is 0 Å². The molecular formula is C24H29N5O4. The predicted octanol–water partition coefficient (Wildman–Crippen LogP) is 2.26. The molecule has 1 aromatic carbocycles. The molecule has 4 aromatic rings. The van der Waals surface area contributed by atoms with Gasteiger partial charge in [-0.3, -0.25) is 23.3 Å². The largest absolute Gasteiger partial charge is 0.494 e. The van der Waals surface area contributed by atoms with E-state index in [1.807, 2.05) is 51.1 Å². The Kier molecular flexibility index (Phi) is 5.97. The molecule has 0 fully saturated rings. The molecule has 0 aliphatic heterocycles. The molecule has 1 N–H and O–H groups in total.